The van der Waals surface area contributed by atoms with Crippen molar-refractivity contribution in [2.24, 2.45) is 0 Å². The van der Waals surface area contributed by atoms with Crippen molar-refractivity contribution >= 4 is 17.1 Å². The van der Waals surface area contributed by atoms with E-state index in [4.69, 9.17) is 5.11 Å². The fourth-order valence-electron chi connectivity index (χ4n) is 1.95. The lowest BCUT2D eigenvalue weighted by Gasteiger charge is -2.13. The summed E-state index contributed by atoms with van der Waals surface area (Å²) in [7, 11) is 0. The van der Waals surface area contributed by atoms with Gasteiger partial charge in [0.05, 0.1) is 0 Å². The number of carboxylic acids is 1. The number of benzene rings is 2. The molecule has 3 nitrogen and oxygen atoms in total. The van der Waals surface area contributed by atoms with Gasteiger partial charge in [-0.1, -0.05) is 43.0 Å². The van der Waals surface area contributed by atoms with Crippen LogP contribution in [-0.2, 0) is 22.4 Å². The van der Waals surface area contributed by atoms with Gasteiger partial charge in [0, 0.05) is 22.3 Å². The molecule has 0 aromatic heterocycles. The summed E-state index contributed by atoms with van der Waals surface area (Å²) >= 11 is -1.26. The number of aliphatic carboxylic acids is 1. The SMILES string of the molecule is C=C(CCc1ccccc1[S+]([O-])c1ccccc1)C(=O)O. The summed E-state index contributed by atoms with van der Waals surface area (Å²) in [5, 5.41) is 8.86. The molecule has 0 aliphatic carbocycles. The summed E-state index contributed by atoms with van der Waals surface area (Å²) in [4.78, 5) is 12.3. The van der Waals surface area contributed by atoms with Crippen LogP contribution in [0.4, 0.5) is 0 Å². The Balaban J connectivity index is 2.21. The van der Waals surface area contributed by atoms with E-state index in [1.807, 2.05) is 54.6 Å². The van der Waals surface area contributed by atoms with Crippen molar-refractivity contribution in [1.29, 1.82) is 0 Å². The number of carboxylic acid groups (broad SMARTS) is 1. The zero-order chi connectivity index (χ0) is 15.2. The van der Waals surface area contributed by atoms with Crippen LogP contribution in [-0.4, -0.2) is 15.6 Å². The molecule has 1 unspecified atom stereocenters. The molecule has 2 rings (SSSR count). The molecular weight excluding hydrogens is 284 g/mol. The Labute approximate surface area is 127 Å². The van der Waals surface area contributed by atoms with Crippen molar-refractivity contribution in [3.63, 3.8) is 0 Å². The molecule has 2 aromatic rings. The molecule has 108 valence electrons. The standard InChI is InChI=1S/C17H16O3S/c1-13(17(18)19)11-12-14-7-5-6-10-16(14)21(20)15-8-3-2-4-9-15/h2-10H,1,11-12H2,(H,18,19). The minimum Gasteiger partial charge on any atom is -0.606 e. The third-order valence-corrected chi connectivity index (χ3v) is 4.63. The van der Waals surface area contributed by atoms with E-state index in [1.54, 1.807) is 0 Å². The number of carbonyl (C=O) groups is 1. The topological polar surface area (TPSA) is 60.4 Å². The molecular formula is C17H16O3S. The summed E-state index contributed by atoms with van der Waals surface area (Å²) in [6.45, 7) is 3.53. The molecule has 4 heteroatoms. The molecule has 0 aliphatic rings. The van der Waals surface area contributed by atoms with E-state index < -0.39 is 17.1 Å². The van der Waals surface area contributed by atoms with Crippen molar-refractivity contribution in [3.8, 4) is 0 Å². The lowest BCUT2D eigenvalue weighted by Crippen LogP contribution is -2.07. The van der Waals surface area contributed by atoms with Gasteiger partial charge in [-0.3, -0.25) is 0 Å². The second-order valence-electron chi connectivity index (χ2n) is 4.60. The minimum atomic E-state index is -1.26. The predicted molar refractivity (Wildman–Crippen MR) is 82.7 cm³/mol. The van der Waals surface area contributed by atoms with Gasteiger partial charge < -0.3 is 9.66 Å². The molecule has 0 aliphatic heterocycles. The van der Waals surface area contributed by atoms with Gasteiger partial charge in [0.25, 0.3) is 0 Å². The van der Waals surface area contributed by atoms with E-state index >= 15 is 0 Å². The number of rotatable bonds is 6. The highest BCUT2D eigenvalue weighted by molar-refractivity contribution is 7.91. The van der Waals surface area contributed by atoms with Gasteiger partial charge >= 0.3 is 5.97 Å². The lowest BCUT2D eigenvalue weighted by molar-refractivity contribution is -0.132. The Kier molecular flexibility index (Phi) is 5.20. The quantitative estimate of drug-likeness (QED) is 0.657. The normalized spacial score (nSPS) is 11.9. The average Bonchev–Trinajstić information content (AvgIpc) is 2.53. The van der Waals surface area contributed by atoms with E-state index in [9.17, 15) is 9.35 Å². The molecule has 1 N–H and O–H groups in total. The highest BCUT2D eigenvalue weighted by atomic mass is 32.2. The Morgan fingerprint density at radius 3 is 2.38 bits per heavy atom. The Morgan fingerprint density at radius 1 is 1.10 bits per heavy atom. The van der Waals surface area contributed by atoms with Crippen LogP contribution in [0.1, 0.15) is 12.0 Å². The molecule has 0 saturated heterocycles. The molecule has 2 aromatic carbocycles. The van der Waals surface area contributed by atoms with Crippen LogP contribution < -0.4 is 0 Å². The third-order valence-electron chi connectivity index (χ3n) is 3.13. The fourth-order valence-corrected chi connectivity index (χ4v) is 3.22. The number of hydrogen-bond acceptors (Lipinski definition) is 2. The van der Waals surface area contributed by atoms with Crippen molar-refractivity contribution in [2.45, 2.75) is 22.6 Å². The molecule has 1 atom stereocenters. The Hall–Kier alpha value is -2.04. The monoisotopic (exact) mass is 300 g/mol. The zero-order valence-electron chi connectivity index (χ0n) is 11.5. The molecule has 21 heavy (non-hydrogen) atoms. The van der Waals surface area contributed by atoms with Crippen LogP contribution in [0.25, 0.3) is 0 Å². The van der Waals surface area contributed by atoms with Crippen molar-refractivity contribution < 1.29 is 14.5 Å². The van der Waals surface area contributed by atoms with E-state index in [0.717, 1.165) is 15.4 Å². The first kappa shape index (κ1) is 15.4. The van der Waals surface area contributed by atoms with Gasteiger partial charge in [-0.25, -0.2) is 4.79 Å². The zero-order valence-corrected chi connectivity index (χ0v) is 12.3. The first-order valence-corrected chi connectivity index (χ1v) is 7.70. The Morgan fingerprint density at radius 2 is 1.71 bits per heavy atom. The van der Waals surface area contributed by atoms with Crippen LogP contribution in [0.3, 0.4) is 0 Å². The second-order valence-corrected chi connectivity index (χ2v) is 6.05. The van der Waals surface area contributed by atoms with Crippen LogP contribution in [0.5, 0.6) is 0 Å². The van der Waals surface area contributed by atoms with Crippen LogP contribution in [0.2, 0.25) is 0 Å². The van der Waals surface area contributed by atoms with Gasteiger partial charge in [-0.05, 0) is 31.0 Å². The summed E-state index contributed by atoms with van der Waals surface area (Å²) in [6.07, 6.45) is 0.859. The van der Waals surface area contributed by atoms with E-state index in [-0.39, 0.29) is 5.57 Å². The first-order chi connectivity index (χ1) is 10.1. The maximum absolute atomic E-state index is 12.6. The molecule has 0 saturated carbocycles. The fraction of sp³-hybridized carbons (Fsp3) is 0.118. The second kappa shape index (κ2) is 7.11. The van der Waals surface area contributed by atoms with Crippen LogP contribution >= 0.6 is 0 Å². The van der Waals surface area contributed by atoms with Gasteiger partial charge in [0.1, 0.15) is 0 Å². The minimum absolute atomic E-state index is 0.162. The molecule has 0 heterocycles. The van der Waals surface area contributed by atoms with Crippen molar-refractivity contribution in [1.82, 2.24) is 0 Å². The van der Waals surface area contributed by atoms with E-state index in [1.165, 1.54) is 0 Å². The number of aryl methyl sites for hydroxylation is 1. The maximum atomic E-state index is 12.6. The maximum Gasteiger partial charge on any atom is 0.330 e. The first-order valence-electron chi connectivity index (χ1n) is 6.55. The Bertz CT molecular complexity index is 637. The molecule has 0 radical (unpaired) electrons. The van der Waals surface area contributed by atoms with E-state index in [0.29, 0.717) is 12.8 Å². The molecule has 0 amide bonds. The average molecular weight is 300 g/mol. The van der Waals surface area contributed by atoms with Crippen molar-refractivity contribution in [2.75, 3.05) is 0 Å². The summed E-state index contributed by atoms with van der Waals surface area (Å²) in [6, 6.07) is 16.6. The van der Waals surface area contributed by atoms with Gasteiger partial charge in [-0.15, -0.1) is 0 Å². The third kappa shape index (κ3) is 3.97. The number of hydrogen-bond donors (Lipinski definition) is 1. The lowest BCUT2D eigenvalue weighted by atomic mass is 10.1. The molecule has 0 spiro atoms. The summed E-state index contributed by atoms with van der Waals surface area (Å²) < 4.78 is 12.6. The smallest absolute Gasteiger partial charge is 0.330 e. The van der Waals surface area contributed by atoms with Gasteiger partial charge in [-0.2, -0.15) is 0 Å². The highest BCUT2D eigenvalue weighted by Gasteiger charge is 2.18. The summed E-state index contributed by atoms with van der Waals surface area (Å²) in [5.41, 5.74) is 1.05. The van der Waals surface area contributed by atoms with E-state index in [2.05, 4.69) is 6.58 Å². The summed E-state index contributed by atoms with van der Waals surface area (Å²) in [5.74, 6) is -0.989. The van der Waals surface area contributed by atoms with Gasteiger partial charge in [0.2, 0.25) is 0 Å². The molecule has 0 bridgehead atoms. The van der Waals surface area contributed by atoms with Gasteiger partial charge in [0.15, 0.2) is 9.79 Å². The predicted octanol–water partition coefficient (Wildman–Crippen LogP) is 3.43. The largest absolute Gasteiger partial charge is 0.606 e. The van der Waals surface area contributed by atoms with Crippen LogP contribution in [0, 0.1) is 0 Å². The highest BCUT2D eigenvalue weighted by Crippen LogP contribution is 2.25. The molecule has 0 fully saturated rings. The van der Waals surface area contributed by atoms with Crippen molar-refractivity contribution in [3.05, 3.63) is 72.3 Å². The van der Waals surface area contributed by atoms with Crippen LogP contribution in [0.15, 0.2) is 76.5 Å².